The van der Waals surface area contributed by atoms with Crippen LogP contribution in [0.3, 0.4) is 0 Å². The minimum Gasteiger partial charge on any atom is -0.348 e. The van der Waals surface area contributed by atoms with Crippen molar-refractivity contribution in [3.05, 3.63) is 22.7 Å². The van der Waals surface area contributed by atoms with E-state index in [4.69, 9.17) is 0 Å². The highest BCUT2D eigenvalue weighted by molar-refractivity contribution is 5.82. The van der Waals surface area contributed by atoms with E-state index in [9.17, 15) is 18.4 Å². The van der Waals surface area contributed by atoms with Crippen LogP contribution in [0, 0.1) is 0 Å². The van der Waals surface area contributed by atoms with Crippen molar-refractivity contribution in [1.82, 2.24) is 19.8 Å². The number of nitrogens with one attached hydrogen (secondary N) is 1. The summed E-state index contributed by atoms with van der Waals surface area (Å²) in [7, 11) is 1.65. The van der Waals surface area contributed by atoms with E-state index in [0.717, 1.165) is 0 Å². The van der Waals surface area contributed by atoms with Gasteiger partial charge in [-0.05, 0) is 0 Å². The van der Waals surface area contributed by atoms with Crippen molar-refractivity contribution in [2.75, 3.05) is 37.6 Å². The molecule has 1 amide bonds. The molecule has 0 aliphatic carbocycles. The topological polar surface area (TPSA) is 70.5 Å². The predicted molar refractivity (Wildman–Crippen MR) is 79.6 cm³/mol. The fourth-order valence-corrected chi connectivity index (χ4v) is 2.95. The zero-order valence-corrected chi connectivity index (χ0v) is 12.8. The lowest BCUT2D eigenvalue weighted by Crippen LogP contribution is -2.54. The van der Waals surface area contributed by atoms with Gasteiger partial charge in [0, 0.05) is 52.0 Å². The van der Waals surface area contributed by atoms with Crippen LogP contribution in [0.1, 0.15) is 6.42 Å². The standard InChI is InChI=1S/C14H19F2N5O2/c1-19-3-2-17-11(13(19)23)20-4-6-21(7-5-20)12(22)10-8-14(15,16)9-18-10/h2-3,10,18H,4-9H2,1H3. The van der Waals surface area contributed by atoms with E-state index in [-0.39, 0.29) is 11.5 Å². The molecule has 2 aliphatic rings. The second-order valence-corrected chi connectivity index (χ2v) is 5.97. The van der Waals surface area contributed by atoms with E-state index < -0.39 is 24.9 Å². The molecule has 0 bridgehead atoms. The molecule has 2 aliphatic heterocycles. The Balaban J connectivity index is 1.61. The van der Waals surface area contributed by atoms with E-state index in [1.54, 1.807) is 24.3 Å². The van der Waals surface area contributed by atoms with Crippen LogP contribution < -0.4 is 15.8 Å². The first-order chi connectivity index (χ1) is 10.9. The number of anilines is 1. The SMILES string of the molecule is Cn1ccnc(N2CCN(C(=O)C3CC(F)(F)CN3)CC2)c1=O. The first-order valence-corrected chi connectivity index (χ1v) is 7.54. The van der Waals surface area contributed by atoms with Crippen molar-refractivity contribution in [2.24, 2.45) is 7.05 Å². The van der Waals surface area contributed by atoms with Crippen LogP contribution in [0.4, 0.5) is 14.6 Å². The molecule has 9 heteroatoms. The number of carbonyl (C=O) groups is 1. The van der Waals surface area contributed by atoms with Crippen LogP contribution in [0.2, 0.25) is 0 Å². The molecule has 0 radical (unpaired) electrons. The molecule has 2 fully saturated rings. The average Bonchev–Trinajstić information content (AvgIpc) is 2.90. The van der Waals surface area contributed by atoms with Gasteiger partial charge in [0.1, 0.15) is 0 Å². The third-order valence-electron chi connectivity index (χ3n) is 4.30. The highest BCUT2D eigenvalue weighted by Crippen LogP contribution is 2.26. The molecule has 3 rings (SSSR count). The van der Waals surface area contributed by atoms with Crippen LogP contribution in [-0.2, 0) is 11.8 Å². The Morgan fingerprint density at radius 1 is 1.35 bits per heavy atom. The molecule has 1 atom stereocenters. The second kappa shape index (κ2) is 5.88. The summed E-state index contributed by atoms with van der Waals surface area (Å²) in [5, 5.41) is 2.58. The first-order valence-electron chi connectivity index (χ1n) is 7.54. The Hall–Kier alpha value is -2.03. The van der Waals surface area contributed by atoms with Gasteiger partial charge in [-0.2, -0.15) is 0 Å². The summed E-state index contributed by atoms with van der Waals surface area (Å²) in [5.41, 5.74) is -0.190. The van der Waals surface area contributed by atoms with Gasteiger partial charge < -0.3 is 14.4 Å². The molecule has 23 heavy (non-hydrogen) atoms. The molecular weight excluding hydrogens is 308 g/mol. The Morgan fingerprint density at radius 2 is 2.04 bits per heavy atom. The summed E-state index contributed by atoms with van der Waals surface area (Å²) in [6.07, 6.45) is 2.68. The van der Waals surface area contributed by atoms with Crippen LogP contribution in [-0.4, -0.2) is 65.0 Å². The highest BCUT2D eigenvalue weighted by Gasteiger charge is 2.43. The molecule has 126 valence electrons. The maximum atomic E-state index is 13.2. The van der Waals surface area contributed by atoms with E-state index >= 15 is 0 Å². The summed E-state index contributed by atoms with van der Waals surface area (Å²) < 4.78 is 27.9. The number of rotatable bonds is 2. The average molecular weight is 327 g/mol. The van der Waals surface area contributed by atoms with Crippen molar-refractivity contribution in [3.8, 4) is 0 Å². The van der Waals surface area contributed by atoms with Gasteiger partial charge in [-0.1, -0.05) is 0 Å². The zero-order chi connectivity index (χ0) is 16.6. The summed E-state index contributed by atoms with van der Waals surface area (Å²) in [5.74, 6) is -2.76. The van der Waals surface area contributed by atoms with Gasteiger partial charge in [0.2, 0.25) is 5.91 Å². The van der Waals surface area contributed by atoms with E-state index in [1.807, 2.05) is 4.90 Å². The number of halogens is 2. The van der Waals surface area contributed by atoms with Gasteiger partial charge in [0.05, 0.1) is 12.6 Å². The number of piperazine rings is 1. The van der Waals surface area contributed by atoms with Crippen LogP contribution in [0.5, 0.6) is 0 Å². The fourth-order valence-electron chi connectivity index (χ4n) is 2.95. The smallest absolute Gasteiger partial charge is 0.293 e. The van der Waals surface area contributed by atoms with E-state index in [2.05, 4.69) is 10.3 Å². The number of alkyl halides is 2. The van der Waals surface area contributed by atoms with Gasteiger partial charge >= 0.3 is 0 Å². The number of hydrogen-bond donors (Lipinski definition) is 1. The Kier molecular flexibility index (Phi) is 4.05. The van der Waals surface area contributed by atoms with Crippen LogP contribution in [0.15, 0.2) is 17.2 Å². The third-order valence-corrected chi connectivity index (χ3v) is 4.30. The molecule has 0 spiro atoms. The van der Waals surface area contributed by atoms with Crippen molar-refractivity contribution in [3.63, 3.8) is 0 Å². The summed E-state index contributed by atoms with van der Waals surface area (Å²) in [6, 6.07) is -0.820. The summed E-state index contributed by atoms with van der Waals surface area (Å²) in [6.45, 7) is 1.25. The quantitative estimate of drug-likeness (QED) is 0.787. The lowest BCUT2D eigenvalue weighted by molar-refractivity contribution is -0.134. The Morgan fingerprint density at radius 3 is 2.65 bits per heavy atom. The van der Waals surface area contributed by atoms with Gasteiger partial charge in [0.15, 0.2) is 5.82 Å². The summed E-state index contributed by atoms with van der Waals surface area (Å²) >= 11 is 0. The summed E-state index contributed by atoms with van der Waals surface area (Å²) in [4.78, 5) is 31.8. The molecule has 1 aromatic heterocycles. The van der Waals surface area contributed by atoms with Crippen LogP contribution >= 0.6 is 0 Å². The molecule has 7 nitrogen and oxygen atoms in total. The van der Waals surface area contributed by atoms with E-state index in [1.165, 1.54) is 4.57 Å². The van der Waals surface area contributed by atoms with Gasteiger partial charge in [0.25, 0.3) is 11.5 Å². The minimum absolute atomic E-state index is 0.190. The molecule has 1 unspecified atom stereocenters. The van der Waals surface area contributed by atoms with Crippen molar-refractivity contribution in [1.29, 1.82) is 0 Å². The molecule has 2 saturated heterocycles. The zero-order valence-electron chi connectivity index (χ0n) is 12.8. The van der Waals surface area contributed by atoms with Crippen molar-refractivity contribution < 1.29 is 13.6 Å². The van der Waals surface area contributed by atoms with Gasteiger partial charge in [-0.15, -0.1) is 0 Å². The fraction of sp³-hybridized carbons (Fsp3) is 0.643. The number of aryl methyl sites for hydroxylation is 1. The number of hydrogen-bond acceptors (Lipinski definition) is 5. The Labute approximate surface area is 131 Å². The molecule has 0 aromatic carbocycles. The molecule has 0 saturated carbocycles. The second-order valence-electron chi connectivity index (χ2n) is 5.97. The first kappa shape index (κ1) is 15.9. The lowest BCUT2D eigenvalue weighted by atomic mass is 10.1. The van der Waals surface area contributed by atoms with Crippen molar-refractivity contribution >= 4 is 11.7 Å². The number of aromatic nitrogens is 2. The predicted octanol–water partition coefficient (Wildman–Crippen LogP) is -0.574. The van der Waals surface area contributed by atoms with Gasteiger partial charge in [-0.3, -0.25) is 14.9 Å². The maximum absolute atomic E-state index is 13.2. The monoisotopic (exact) mass is 327 g/mol. The van der Waals surface area contributed by atoms with Crippen LogP contribution in [0.25, 0.3) is 0 Å². The minimum atomic E-state index is -2.82. The molecular formula is C14H19F2N5O2. The van der Waals surface area contributed by atoms with Crippen molar-refractivity contribution in [2.45, 2.75) is 18.4 Å². The highest BCUT2D eigenvalue weighted by atomic mass is 19.3. The molecule has 3 heterocycles. The largest absolute Gasteiger partial charge is 0.348 e. The Bertz CT molecular complexity index is 655. The molecule has 1 aromatic rings. The normalized spacial score (nSPS) is 24.0. The molecule has 1 N–H and O–H groups in total. The lowest BCUT2D eigenvalue weighted by Gasteiger charge is -2.36. The van der Waals surface area contributed by atoms with Gasteiger partial charge in [-0.25, -0.2) is 13.8 Å². The van der Waals surface area contributed by atoms with E-state index in [0.29, 0.717) is 32.0 Å². The number of carbonyl (C=O) groups excluding carboxylic acids is 1. The third kappa shape index (κ3) is 3.19. The number of amides is 1. The maximum Gasteiger partial charge on any atom is 0.293 e. The number of nitrogens with zero attached hydrogens (tertiary/aromatic N) is 4.